The van der Waals surface area contributed by atoms with Crippen molar-refractivity contribution in [3.63, 3.8) is 0 Å². The van der Waals surface area contributed by atoms with Crippen molar-refractivity contribution in [3.05, 3.63) is 35.4 Å². The molecule has 0 aromatic heterocycles. The van der Waals surface area contributed by atoms with Gasteiger partial charge in [-0.1, -0.05) is 6.07 Å². The molecule has 1 saturated carbocycles. The van der Waals surface area contributed by atoms with E-state index < -0.39 is 17.6 Å². The van der Waals surface area contributed by atoms with Gasteiger partial charge in [0.1, 0.15) is 11.6 Å². The molecule has 2 atom stereocenters. The molecule has 1 aromatic carbocycles. The topological polar surface area (TPSA) is 66.4 Å². The highest BCUT2D eigenvalue weighted by Gasteiger charge is 2.45. The molecule has 20 heavy (non-hydrogen) atoms. The van der Waals surface area contributed by atoms with E-state index in [2.05, 4.69) is 5.32 Å². The van der Waals surface area contributed by atoms with Gasteiger partial charge in [-0.05, 0) is 30.4 Å². The maximum Gasteiger partial charge on any atom is 0.303 e. The molecule has 1 fully saturated rings. The van der Waals surface area contributed by atoms with Gasteiger partial charge in [-0.3, -0.25) is 9.59 Å². The Kier molecular flexibility index (Phi) is 4.32. The Labute approximate surface area is 114 Å². The van der Waals surface area contributed by atoms with Crippen LogP contribution in [0.3, 0.4) is 0 Å². The third kappa shape index (κ3) is 3.53. The zero-order valence-corrected chi connectivity index (χ0v) is 10.7. The van der Waals surface area contributed by atoms with E-state index in [0.29, 0.717) is 24.9 Å². The number of carbonyl (C=O) groups is 2. The quantitative estimate of drug-likeness (QED) is 0.785. The molecule has 0 bridgehead atoms. The second kappa shape index (κ2) is 5.98. The van der Waals surface area contributed by atoms with Crippen molar-refractivity contribution in [2.75, 3.05) is 6.54 Å². The molecule has 1 aromatic rings. The number of carboxylic acid groups (broad SMARTS) is 1. The Morgan fingerprint density at radius 1 is 1.35 bits per heavy atom. The summed E-state index contributed by atoms with van der Waals surface area (Å²) in [5.41, 5.74) is 0.358. The Morgan fingerprint density at radius 2 is 2.10 bits per heavy atom. The largest absolute Gasteiger partial charge is 0.481 e. The zero-order chi connectivity index (χ0) is 14.7. The summed E-state index contributed by atoms with van der Waals surface area (Å²) in [5.74, 6) is -2.89. The van der Waals surface area contributed by atoms with Crippen LogP contribution in [0.2, 0.25) is 0 Å². The van der Waals surface area contributed by atoms with Crippen molar-refractivity contribution in [2.45, 2.75) is 25.2 Å². The molecule has 0 saturated heterocycles. The Morgan fingerprint density at radius 3 is 2.75 bits per heavy atom. The van der Waals surface area contributed by atoms with E-state index in [1.165, 1.54) is 12.1 Å². The number of hydrogen-bond donors (Lipinski definition) is 2. The highest BCUT2D eigenvalue weighted by atomic mass is 19.1. The standard InChI is InChI=1S/C14H15F2NO3/c15-8-3-4-9(12(16)6-8)10-7-11(10)14(20)17-5-1-2-13(18)19/h3-4,6,10-11H,1-2,5,7H2,(H,17,20)(H,18,19)/t10-,11+/m1/s1. The minimum atomic E-state index is -0.906. The molecule has 1 aliphatic rings. The molecule has 108 valence electrons. The number of amides is 1. The molecule has 6 heteroatoms. The highest BCUT2D eigenvalue weighted by molar-refractivity contribution is 5.82. The van der Waals surface area contributed by atoms with Gasteiger partial charge >= 0.3 is 5.97 Å². The minimum Gasteiger partial charge on any atom is -0.481 e. The number of nitrogens with one attached hydrogen (secondary N) is 1. The van der Waals surface area contributed by atoms with Crippen LogP contribution in [-0.4, -0.2) is 23.5 Å². The fourth-order valence-electron chi connectivity index (χ4n) is 2.21. The second-order valence-corrected chi connectivity index (χ2v) is 4.90. The van der Waals surface area contributed by atoms with E-state index in [1.54, 1.807) is 0 Å². The van der Waals surface area contributed by atoms with Gasteiger partial charge in [0, 0.05) is 24.9 Å². The van der Waals surface area contributed by atoms with Crippen molar-refractivity contribution in [1.82, 2.24) is 5.32 Å². The molecule has 0 unspecified atom stereocenters. The predicted octanol–water partition coefficient (Wildman–Crippen LogP) is 2.05. The summed E-state index contributed by atoms with van der Waals surface area (Å²) in [5, 5.41) is 11.1. The summed E-state index contributed by atoms with van der Waals surface area (Å²) in [6.45, 7) is 0.292. The minimum absolute atomic E-state index is 0.000958. The summed E-state index contributed by atoms with van der Waals surface area (Å²) >= 11 is 0. The Balaban J connectivity index is 1.82. The number of benzene rings is 1. The molecular weight excluding hydrogens is 268 g/mol. The number of hydrogen-bond acceptors (Lipinski definition) is 2. The van der Waals surface area contributed by atoms with Gasteiger partial charge in [-0.25, -0.2) is 8.78 Å². The van der Waals surface area contributed by atoms with Crippen LogP contribution in [0.15, 0.2) is 18.2 Å². The maximum atomic E-state index is 13.5. The van der Waals surface area contributed by atoms with Crippen molar-refractivity contribution in [1.29, 1.82) is 0 Å². The van der Waals surface area contributed by atoms with E-state index in [1.807, 2.05) is 0 Å². The number of rotatable bonds is 6. The lowest BCUT2D eigenvalue weighted by atomic mass is 10.1. The normalized spacial score (nSPS) is 20.5. The Bertz CT molecular complexity index is 533. The van der Waals surface area contributed by atoms with Crippen LogP contribution in [0.1, 0.15) is 30.7 Å². The highest BCUT2D eigenvalue weighted by Crippen LogP contribution is 2.48. The SMILES string of the molecule is O=C(O)CCCNC(=O)[C@H]1C[C@@H]1c1ccc(F)cc1F. The fraction of sp³-hybridized carbons (Fsp3) is 0.429. The molecule has 0 radical (unpaired) electrons. The van der Waals surface area contributed by atoms with Crippen molar-refractivity contribution >= 4 is 11.9 Å². The molecule has 0 aliphatic heterocycles. The summed E-state index contributed by atoms with van der Waals surface area (Å²) < 4.78 is 26.3. The van der Waals surface area contributed by atoms with Gasteiger partial charge in [0.05, 0.1) is 0 Å². The summed E-state index contributed by atoms with van der Waals surface area (Å²) in [4.78, 5) is 22.1. The van der Waals surface area contributed by atoms with E-state index >= 15 is 0 Å². The van der Waals surface area contributed by atoms with Crippen LogP contribution < -0.4 is 5.32 Å². The molecular formula is C14H15F2NO3. The average Bonchev–Trinajstić information content (AvgIpc) is 3.14. The van der Waals surface area contributed by atoms with Crippen molar-refractivity contribution in [2.24, 2.45) is 5.92 Å². The third-order valence-corrected chi connectivity index (χ3v) is 3.36. The molecule has 2 rings (SSSR count). The van der Waals surface area contributed by atoms with Gasteiger partial charge in [-0.15, -0.1) is 0 Å². The summed E-state index contributed by atoms with van der Waals surface area (Å²) in [6.07, 6.45) is 0.900. The number of aliphatic carboxylic acids is 1. The first-order valence-electron chi connectivity index (χ1n) is 6.43. The second-order valence-electron chi connectivity index (χ2n) is 4.90. The summed E-state index contributed by atoms with van der Waals surface area (Å²) in [6, 6.07) is 3.36. The Hall–Kier alpha value is -1.98. The van der Waals surface area contributed by atoms with Gasteiger partial charge < -0.3 is 10.4 Å². The van der Waals surface area contributed by atoms with Crippen LogP contribution in [0.4, 0.5) is 8.78 Å². The lowest BCUT2D eigenvalue weighted by molar-refractivity contribution is -0.137. The maximum absolute atomic E-state index is 13.5. The molecule has 1 amide bonds. The van der Waals surface area contributed by atoms with Crippen LogP contribution in [0.5, 0.6) is 0 Å². The number of carboxylic acids is 1. The van der Waals surface area contributed by atoms with Crippen LogP contribution in [0, 0.1) is 17.6 Å². The molecule has 4 nitrogen and oxygen atoms in total. The summed E-state index contributed by atoms with van der Waals surface area (Å²) in [7, 11) is 0. The van der Waals surface area contributed by atoms with Crippen LogP contribution in [0.25, 0.3) is 0 Å². The van der Waals surface area contributed by atoms with E-state index in [0.717, 1.165) is 6.07 Å². The molecule has 2 N–H and O–H groups in total. The van der Waals surface area contributed by atoms with Crippen LogP contribution >= 0.6 is 0 Å². The fourth-order valence-corrected chi connectivity index (χ4v) is 2.21. The van der Waals surface area contributed by atoms with E-state index in [9.17, 15) is 18.4 Å². The molecule has 0 spiro atoms. The predicted molar refractivity (Wildman–Crippen MR) is 67.1 cm³/mol. The number of carbonyl (C=O) groups excluding carboxylic acids is 1. The van der Waals surface area contributed by atoms with Gasteiger partial charge in [0.15, 0.2) is 0 Å². The molecule has 1 aliphatic carbocycles. The first-order valence-corrected chi connectivity index (χ1v) is 6.43. The van der Waals surface area contributed by atoms with Gasteiger partial charge in [-0.2, -0.15) is 0 Å². The monoisotopic (exact) mass is 283 g/mol. The first kappa shape index (κ1) is 14.4. The average molecular weight is 283 g/mol. The lowest BCUT2D eigenvalue weighted by Crippen LogP contribution is -2.26. The van der Waals surface area contributed by atoms with Crippen LogP contribution in [-0.2, 0) is 9.59 Å². The number of halogens is 2. The zero-order valence-electron chi connectivity index (χ0n) is 10.7. The first-order chi connectivity index (χ1) is 9.49. The lowest BCUT2D eigenvalue weighted by Gasteiger charge is -2.05. The van der Waals surface area contributed by atoms with Gasteiger partial charge in [0.2, 0.25) is 5.91 Å². The van der Waals surface area contributed by atoms with E-state index in [4.69, 9.17) is 5.11 Å². The van der Waals surface area contributed by atoms with E-state index in [-0.39, 0.29) is 24.2 Å². The third-order valence-electron chi connectivity index (χ3n) is 3.36. The van der Waals surface area contributed by atoms with Crippen molar-refractivity contribution < 1.29 is 23.5 Å². The smallest absolute Gasteiger partial charge is 0.303 e. The van der Waals surface area contributed by atoms with Gasteiger partial charge in [0.25, 0.3) is 0 Å². The van der Waals surface area contributed by atoms with Crippen molar-refractivity contribution in [3.8, 4) is 0 Å². The molecule has 0 heterocycles.